The van der Waals surface area contributed by atoms with Crippen molar-refractivity contribution in [3.63, 3.8) is 0 Å². The summed E-state index contributed by atoms with van der Waals surface area (Å²) in [6.45, 7) is 2.67. The Bertz CT molecular complexity index is 198. The summed E-state index contributed by atoms with van der Waals surface area (Å²) in [5.41, 5.74) is 4.32. The molecule has 0 saturated carbocycles. The van der Waals surface area contributed by atoms with Gasteiger partial charge >= 0.3 is 0 Å². The molecule has 2 N–H and O–H groups in total. The molecule has 6 heteroatoms. The van der Waals surface area contributed by atoms with Gasteiger partial charge in [0.05, 0.1) is 12.4 Å². The first-order valence-corrected chi connectivity index (χ1v) is 3.21. The van der Waals surface area contributed by atoms with Crippen LogP contribution in [-0.2, 0) is 9.59 Å². The fraction of sp³-hybridized carbons (Fsp3) is 0.333. The van der Waals surface area contributed by atoms with E-state index in [1.54, 1.807) is 0 Å². The van der Waals surface area contributed by atoms with E-state index < -0.39 is 0 Å². The van der Waals surface area contributed by atoms with E-state index in [0.29, 0.717) is 0 Å². The van der Waals surface area contributed by atoms with Crippen molar-refractivity contribution in [1.82, 2.24) is 10.9 Å². The summed E-state index contributed by atoms with van der Waals surface area (Å²) >= 11 is 0. The van der Waals surface area contributed by atoms with E-state index in [4.69, 9.17) is 0 Å². The van der Waals surface area contributed by atoms with Crippen molar-refractivity contribution in [3.05, 3.63) is 0 Å². The molecule has 0 heterocycles. The van der Waals surface area contributed by atoms with Crippen LogP contribution < -0.4 is 10.9 Å². The normalized spacial score (nSPS) is 10.5. The molecular weight excluding hydrogens is 160 g/mol. The second kappa shape index (κ2) is 6.02. The molecule has 0 spiro atoms. The lowest BCUT2D eigenvalue weighted by Gasteiger charge is -1.88. The van der Waals surface area contributed by atoms with Crippen LogP contribution in [0.5, 0.6) is 0 Å². The molecule has 0 bridgehead atoms. The zero-order valence-electron chi connectivity index (χ0n) is 6.87. The molecule has 0 aromatic carbocycles. The summed E-state index contributed by atoms with van der Waals surface area (Å²) in [4.78, 5) is 20.5. The highest BCUT2D eigenvalue weighted by molar-refractivity contribution is 6.16. The molecule has 66 valence electrons. The van der Waals surface area contributed by atoms with Crippen molar-refractivity contribution in [2.75, 3.05) is 0 Å². The predicted molar refractivity (Wildman–Crippen MR) is 44.6 cm³/mol. The van der Waals surface area contributed by atoms with E-state index in [9.17, 15) is 9.59 Å². The van der Waals surface area contributed by atoms with Gasteiger partial charge in [-0.05, 0) is 0 Å². The second-order valence-electron chi connectivity index (χ2n) is 1.89. The van der Waals surface area contributed by atoms with E-state index in [0.717, 1.165) is 0 Å². The summed E-state index contributed by atoms with van der Waals surface area (Å²) in [6.07, 6.45) is 2.49. The van der Waals surface area contributed by atoms with E-state index in [1.807, 2.05) is 0 Å². The van der Waals surface area contributed by atoms with Crippen LogP contribution in [0.25, 0.3) is 0 Å². The van der Waals surface area contributed by atoms with Crippen molar-refractivity contribution in [3.8, 4) is 0 Å². The Morgan fingerprint density at radius 3 is 1.58 bits per heavy atom. The zero-order valence-corrected chi connectivity index (χ0v) is 6.87. The lowest BCUT2D eigenvalue weighted by atomic mass is 10.7. The number of hydrogen-bond acceptors (Lipinski definition) is 4. The smallest absolute Gasteiger partial charge is 0.236 e. The number of nitrogens with zero attached hydrogens (tertiary/aromatic N) is 2. The van der Waals surface area contributed by atoms with E-state index in [-0.39, 0.29) is 11.8 Å². The van der Waals surface area contributed by atoms with Crippen molar-refractivity contribution >= 4 is 24.2 Å². The molecule has 0 rings (SSSR count). The van der Waals surface area contributed by atoms with Crippen molar-refractivity contribution in [1.29, 1.82) is 0 Å². The van der Waals surface area contributed by atoms with Crippen LogP contribution in [0.3, 0.4) is 0 Å². The number of hydrazone groups is 2. The molecule has 0 atom stereocenters. The standard InChI is InChI=1S/C6H10N4O2/c1-5(11)9-7-3-4-8-10-6(2)12/h3-4H,1-2H3,(H,9,11)(H,10,12)/b7-3-,8-4-. The molecule has 0 aliphatic carbocycles. The number of nitrogens with one attached hydrogen (secondary N) is 2. The van der Waals surface area contributed by atoms with Crippen LogP contribution in [0.4, 0.5) is 0 Å². The predicted octanol–water partition coefficient (Wildman–Crippen LogP) is -0.770. The second-order valence-corrected chi connectivity index (χ2v) is 1.89. The average Bonchev–Trinajstić information content (AvgIpc) is 1.95. The third-order valence-electron chi connectivity index (χ3n) is 0.660. The third kappa shape index (κ3) is 8.28. The molecule has 0 saturated heterocycles. The van der Waals surface area contributed by atoms with E-state index in [1.165, 1.54) is 26.3 Å². The Labute approximate surface area is 69.7 Å². The molecular formula is C6H10N4O2. The van der Waals surface area contributed by atoms with Gasteiger partial charge in [-0.1, -0.05) is 0 Å². The Balaban J connectivity index is 3.52. The minimum Gasteiger partial charge on any atom is -0.274 e. The number of carbonyl (C=O) groups is 2. The van der Waals surface area contributed by atoms with Crippen molar-refractivity contribution in [2.24, 2.45) is 10.2 Å². The summed E-state index contributed by atoms with van der Waals surface area (Å²) in [5.74, 6) is -0.529. The van der Waals surface area contributed by atoms with Gasteiger partial charge in [-0.25, -0.2) is 10.9 Å². The van der Waals surface area contributed by atoms with Gasteiger partial charge < -0.3 is 0 Å². The number of amides is 2. The van der Waals surface area contributed by atoms with Crippen LogP contribution in [0.1, 0.15) is 13.8 Å². The number of rotatable bonds is 3. The molecule has 0 fully saturated rings. The largest absolute Gasteiger partial charge is 0.274 e. The monoisotopic (exact) mass is 170 g/mol. The molecule has 0 aromatic rings. The molecule has 0 unspecified atom stereocenters. The Kier molecular flexibility index (Phi) is 5.16. The summed E-state index contributed by atoms with van der Waals surface area (Å²) in [5, 5.41) is 6.89. The van der Waals surface area contributed by atoms with Crippen LogP contribution >= 0.6 is 0 Å². The van der Waals surface area contributed by atoms with E-state index in [2.05, 4.69) is 21.1 Å². The average molecular weight is 170 g/mol. The van der Waals surface area contributed by atoms with Gasteiger partial charge in [0.15, 0.2) is 0 Å². The first-order valence-electron chi connectivity index (χ1n) is 3.21. The highest BCUT2D eigenvalue weighted by Gasteiger charge is 1.82. The summed E-state index contributed by atoms with van der Waals surface area (Å²) < 4.78 is 0. The first-order chi connectivity index (χ1) is 5.63. The summed E-state index contributed by atoms with van der Waals surface area (Å²) in [7, 11) is 0. The molecule has 6 nitrogen and oxygen atoms in total. The molecule has 0 aromatic heterocycles. The SMILES string of the molecule is CC(=O)N/N=C\C=N/NC(C)=O. The maximum absolute atomic E-state index is 10.2. The quantitative estimate of drug-likeness (QED) is 0.430. The summed E-state index contributed by atoms with van der Waals surface area (Å²) in [6, 6.07) is 0. The van der Waals surface area contributed by atoms with Gasteiger partial charge in [0, 0.05) is 13.8 Å². The van der Waals surface area contributed by atoms with Gasteiger partial charge in [-0.3, -0.25) is 9.59 Å². The van der Waals surface area contributed by atoms with Crippen LogP contribution in [0.2, 0.25) is 0 Å². The highest BCUT2D eigenvalue weighted by atomic mass is 16.2. The van der Waals surface area contributed by atoms with Gasteiger partial charge in [-0.2, -0.15) is 10.2 Å². The van der Waals surface area contributed by atoms with Crippen molar-refractivity contribution in [2.45, 2.75) is 13.8 Å². The maximum atomic E-state index is 10.2. The van der Waals surface area contributed by atoms with Gasteiger partial charge in [0.25, 0.3) is 0 Å². The highest BCUT2D eigenvalue weighted by Crippen LogP contribution is 1.60. The van der Waals surface area contributed by atoms with Crippen molar-refractivity contribution < 1.29 is 9.59 Å². The third-order valence-corrected chi connectivity index (χ3v) is 0.660. The molecule has 0 aliphatic rings. The topological polar surface area (TPSA) is 82.9 Å². The molecule has 0 radical (unpaired) electrons. The zero-order chi connectivity index (χ0) is 9.40. The molecule has 2 amide bonds. The Morgan fingerprint density at radius 1 is 1.00 bits per heavy atom. The fourth-order valence-electron chi connectivity index (χ4n) is 0.323. The van der Waals surface area contributed by atoms with Gasteiger partial charge in [0.1, 0.15) is 0 Å². The maximum Gasteiger partial charge on any atom is 0.236 e. The lowest BCUT2D eigenvalue weighted by molar-refractivity contribution is -0.119. The lowest BCUT2D eigenvalue weighted by Crippen LogP contribution is -2.14. The minimum absolute atomic E-state index is 0.265. The molecule has 12 heavy (non-hydrogen) atoms. The van der Waals surface area contributed by atoms with Gasteiger partial charge in [-0.15, -0.1) is 0 Å². The van der Waals surface area contributed by atoms with Gasteiger partial charge in [0.2, 0.25) is 11.8 Å². The van der Waals surface area contributed by atoms with Crippen LogP contribution in [0, 0.1) is 0 Å². The minimum atomic E-state index is -0.265. The van der Waals surface area contributed by atoms with E-state index >= 15 is 0 Å². The molecule has 0 aliphatic heterocycles. The fourth-order valence-corrected chi connectivity index (χ4v) is 0.323. The Hall–Kier alpha value is -1.72. The van der Waals surface area contributed by atoms with Crippen LogP contribution in [0.15, 0.2) is 10.2 Å². The van der Waals surface area contributed by atoms with Crippen LogP contribution in [-0.4, -0.2) is 24.2 Å². The number of hydrogen-bond donors (Lipinski definition) is 2. The number of carbonyl (C=O) groups excluding carboxylic acids is 2. The Morgan fingerprint density at radius 2 is 1.33 bits per heavy atom. The first kappa shape index (κ1) is 10.3.